The molecule has 1 amide bonds. The molecule has 0 aromatic rings. The average molecular weight is 215 g/mol. The molecule has 1 aliphatic carbocycles. The lowest BCUT2D eigenvalue weighted by molar-refractivity contribution is -0.120. The van der Waals surface area contributed by atoms with E-state index in [9.17, 15) is 4.79 Å². The monoisotopic (exact) mass is 215 g/mol. The van der Waals surface area contributed by atoms with Gasteiger partial charge in [0.2, 0.25) is 5.91 Å². The summed E-state index contributed by atoms with van der Waals surface area (Å²) in [5, 5.41) is 2.77. The van der Waals surface area contributed by atoms with Crippen molar-refractivity contribution >= 4 is 18.5 Å². The third-order valence-corrected chi connectivity index (χ3v) is 3.31. The Hall–Kier alpha value is -0.180. The van der Waals surface area contributed by atoms with Crippen LogP contribution in [0.3, 0.4) is 0 Å². The average Bonchev–Trinajstić information content (AvgIpc) is 2.16. The highest BCUT2D eigenvalue weighted by atomic mass is 32.1. The summed E-state index contributed by atoms with van der Waals surface area (Å²) in [6.07, 6.45) is 5.17. The van der Waals surface area contributed by atoms with Gasteiger partial charge in [0.25, 0.3) is 0 Å². The first-order valence-electron chi connectivity index (χ1n) is 5.55. The van der Waals surface area contributed by atoms with Crippen molar-refractivity contribution < 1.29 is 4.79 Å². The highest BCUT2D eigenvalue weighted by Crippen LogP contribution is 2.27. The molecule has 0 aliphatic heterocycles. The summed E-state index contributed by atoms with van der Waals surface area (Å²) in [7, 11) is 0. The van der Waals surface area contributed by atoms with Gasteiger partial charge in [-0.1, -0.05) is 19.8 Å². The van der Waals surface area contributed by atoms with Crippen molar-refractivity contribution in [3.63, 3.8) is 0 Å². The van der Waals surface area contributed by atoms with E-state index >= 15 is 0 Å². The summed E-state index contributed by atoms with van der Waals surface area (Å²) < 4.78 is 0. The van der Waals surface area contributed by atoms with Crippen LogP contribution in [0.15, 0.2) is 0 Å². The Morgan fingerprint density at radius 2 is 2.00 bits per heavy atom. The number of hydrogen-bond acceptors (Lipinski definition) is 2. The second kappa shape index (κ2) is 5.64. The lowest BCUT2D eigenvalue weighted by atomic mass is 9.83. The molecule has 0 bridgehead atoms. The molecule has 1 atom stereocenters. The van der Waals surface area contributed by atoms with Crippen molar-refractivity contribution in [3.8, 4) is 0 Å². The van der Waals surface area contributed by atoms with Crippen LogP contribution in [0.25, 0.3) is 0 Å². The lowest BCUT2D eigenvalue weighted by Gasteiger charge is -2.26. The molecule has 82 valence electrons. The smallest absolute Gasteiger partial charge is 0.232 e. The largest absolute Gasteiger partial charge is 0.355 e. The third-order valence-electron chi connectivity index (χ3n) is 3.08. The van der Waals surface area contributed by atoms with E-state index in [-0.39, 0.29) is 11.2 Å². The Balaban J connectivity index is 2.16. The van der Waals surface area contributed by atoms with Crippen LogP contribution in [0, 0.1) is 11.8 Å². The van der Waals surface area contributed by atoms with E-state index in [4.69, 9.17) is 0 Å². The SMILES string of the molecule is CC1CCC(CNC(=O)C(C)S)CC1. The molecule has 3 heteroatoms. The minimum atomic E-state index is -0.183. The molecule has 0 spiro atoms. The van der Waals surface area contributed by atoms with Gasteiger partial charge in [0.05, 0.1) is 5.25 Å². The van der Waals surface area contributed by atoms with E-state index < -0.39 is 0 Å². The summed E-state index contributed by atoms with van der Waals surface area (Å²) in [6.45, 7) is 4.96. The zero-order valence-corrected chi connectivity index (χ0v) is 10.0. The molecule has 14 heavy (non-hydrogen) atoms. The zero-order chi connectivity index (χ0) is 10.6. The predicted molar refractivity (Wildman–Crippen MR) is 62.6 cm³/mol. The maximum absolute atomic E-state index is 11.3. The first kappa shape index (κ1) is 11.9. The van der Waals surface area contributed by atoms with Gasteiger partial charge in [-0.3, -0.25) is 4.79 Å². The normalized spacial score (nSPS) is 29.6. The topological polar surface area (TPSA) is 29.1 Å². The molecule has 0 radical (unpaired) electrons. The molecule has 1 saturated carbocycles. The van der Waals surface area contributed by atoms with Crippen LogP contribution in [-0.2, 0) is 4.79 Å². The number of hydrogen-bond donors (Lipinski definition) is 2. The summed E-state index contributed by atoms with van der Waals surface area (Å²) in [6, 6.07) is 0. The fourth-order valence-electron chi connectivity index (χ4n) is 1.93. The van der Waals surface area contributed by atoms with Gasteiger partial charge in [-0.05, 0) is 31.6 Å². The number of amides is 1. The lowest BCUT2D eigenvalue weighted by Crippen LogP contribution is -2.34. The van der Waals surface area contributed by atoms with Crippen LogP contribution in [0.5, 0.6) is 0 Å². The summed E-state index contributed by atoms with van der Waals surface area (Å²) >= 11 is 4.09. The van der Waals surface area contributed by atoms with E-state index in [2.05, 4.69) is 24.9 Å². The number of carbonyl (C=O) groups is 1. The van der Waals surface area contributed by atoms with Gasteiger partial charge in [0.15, 0.2) is 0 Å². The minimum absolute atomic E-state index is 0.0620. The fraction of sp³-hybridized carbons (Fsp3) is 0.909. The van der Waals surface area contributed by atoms with Crippen LogP contribution in [0.1, 0.15) is 39.5 Å². The molecule has 2 nitrogen and oxygen atoms in total. The van der Waals surface area contributed by atoms with E-state index in [1.807, 2.05) is 0 Å². The summed E-state index contributed by atoms with van der Waals surface area (Å²) in [5.41, 5.74) is 0. The van der Waals surface area contributed by atoms with Gasteiger partial charge in [0.1, 0.15) is 0 Å². The Kier molecular flexibility index (Phi) is 4.79. The Morgan fingerprint density at radius 3 is 2.50 bits per heavy atom. The van der Waals surface area contributed by atoms with Crippen LogP contribution < -0.4 is 5.32 Å². The highest BCUT2D eigenvalue weighted by Gasteiger charge is 2.19. The van der Waals surface area contributed by atoms with Crippen LogP contribution >= 0.6 is 12.6 Å². The van der Waals surface area contributed by atoms with Gasteiger partial charge in [-0.25, -0.2) is 0 Å². The zero-order valence-electron chi connectivity index (χ0n) is 9.12. The van der Waals surface area contributed by atoms with Gasteiger partial charge in [0, 0.05) is 6.54 Å². The molecule has 0 heterocycles. The summed E-state index contributed by atoms with van der Waals surface area (Å²) in [5.74, 6) is 1.64. The van der Waals surface area contributed by atoms with Gasteiger partial charge in [-0.2, -0.15) is 12.6 Å². The van der Waals surface area contributed by atoms with Crippen molar-refractivity contribution in [2.24, 2.45) is 11.8 Å². The number of rotatable bonds is 3. The maximum atomic E-state index is 11.3. The standard InChI is InChI=1S/C11H21NOS/c1-8-3-5-10(6-4-8)7-12-11(13)9(2)14/h8-10,14H,3-7H2,1-2H3,(H,12,13). The number of thiol groups is 1. The van der Waals surface area contributed by atoms with Crippen molar-refractivity contribution in [2.75, 3.05) is 6.54 Å². The Bertz CT molecular complexity index is 186. The van der Waals surface area contributed by atoms with E-state index in [1.54, 1.807) is 6.92 Å². The van der Waals surface area contributed by atoms with Crippen molar-refractivity contribution in [1.82, 2.24) is 5.32 Å². The number of carbonyl (C=O) groups excluding carboxylic acids is 1. The predicted octanol–water partition coefficient (Wildman–Crippen LogP) is 2.25. The molecule has 0 aromatic heterocycles. The number of nitrogens with one attached hydrogen (secondary N) is 1. The second-order valence-electron chi connectivity index (χ2n) is 4.55. The molecule has 1 unspecified atom stereocenters. The van der Waals surface area contributed by atoms with E-state index in [0.717, 1.165) is 12.5 Å². The Morgan fingerprint density at radius 1 is 1.43 bits per heavy atom. The minimum Gasteiger partial charge on any atom is -0.355 e. The molecule has 0 aromatic carbocycles. The molecular formula is C11H21NOS. The van der Waals surface area contributed by atoms with Gasteiger partial charge in [-0.15, -0.1) is 0 Å². The highest BCUT2D eigenvalue weighted by molar-refractivity contribution is 7.81. The van der Waals surface area contributed by atoms with Gasteiger partial charge >= 0.3 is 0 Å². The van der Waals surface area contributed by atoms with Crippen molar-refractivity contribution in [3.05, 3.63) is 0 Å². The molecule has 1 N–H and O–H groups in total. The molecule has 1 fully saturated rings. The summed E-state index contributed by atoms with van der Waals surface area (Å²) in [4.78, 5) is 11.3. The van der Waals surface area contributed by atoms with E-state index in [1.165, 1.54) is 25.7 Å². The van der Waals surface area contributed by atoms with Crippen molar-refractivity contribution in [2.45, 2.75) is 44.8 Å². The quantitative estimate of drug-likeness (QED) is 0.695. The van der Waals surface area contributed by atoms with Crippen LogP contribution in [-0.4, -0.2) is 17.7 Å². The second-order valence-corrected chi connectivity index (χ2v) is 5.32. The Labute approximate surface area is 92.2 Å². The fourth-order valence-corrected chi connectivity index (χ4v) is 2.02. The first-order valence-corrected chi connectivity index (χ1v) is 6.07. The first-order chi connectivity index (χ1) is 6.59. The maximum Gasteiger partial charge on any atom is 0.232 e. The van der Waals surface area contributed by atoms with Crippen LogP contribution in [0.2, 0.25) is 0 Å². The molecular weight excluding hydrogens is 194 g/mol. The molecule has 0 saturated heterocycles. The van der Waals surface area contributed by atoms with Crippen LogP contribution in [0.4, 0.5) is 0 Å². The van der Waals surface area contributed by atoms with Gasteiger partial charge < -0.3 is 5.32 Å². The molecule has 1 rings (SSSR count). The van der Waals surface area contributed by atoms with E-state index in [0.29, 0.717) is 5.92 Å². The third kappa shape index (κ3) is 3.91. The molecule has 1 aliphatic rings. The van der Waals surface area contributed by atoms with Crippen molar-refractivity contribution in [1.29, 1.82) is 0 Å².